The molecule has 0 unspecified atom stereocenters. The van der Waals surface area contributed by atoms with E-state index in [1.54, 1.807) is 20.8 Å². The van der Waals surface area contributed by atoms with Gasteiger partial charge in [0.1, 0.15) is 5.75 Å². The Morgan fingerprint density at radius 1 is 1.43 bits per heavy atom. The molecule has 0 bridgehead atoms. The van der Waals surface area contributed by atoms with Gasteiger partial charge in [-0.3, -0.25) is 20.3 Å². The van der Waals surface area contributed by atoms with E-state index in [-0.39, 0.29) is 36.1 Å². The van der Waals surface area contributed by atoms with Gasteiger partial charge in [-0.2, -0.15) is 0 Å². The van der Waals surface area contributed by atoms with E-state index in [0.717, 1.165) is 17.1 Å². The number of hydrogen-bond acceptors (Lipinski definition) is 5. The zero-order valence-corrected chi connectivity index (χ0v) is 13.1. The van der Waals surface area contributed by atoms with Gasteiger partial charge in [0.2, 0.25) is 0 Å². The van der Waals surface area contributed by atoms with Crippen LogP contribution in [0.25, 0.3) is 0 Å². The minimum Gasteiger partial charge on any atom is -0.493 e. The highest BCUT2D eigenvalue weighted by molar-refractivity contribution is 5.97. The summed E-state index contributed by atoms with van der Waals surface area (Å²) >= 11 is 0. The van der Waals surface area contributed by atoms with Crippen LogP contribution in [0.1, 0.15) is 31.1 Å². The quantitative estimate of drug-likeness (QED) is 0.611. The number of amides is 2. The second-order valence-electron chi connectivity index (χ2n) is 5.10. The van der Waals surface area contributed by atoms with Gasteiger partial charge in [0.25, 0.3) is 11.6 Å². The highest BCUT2D eigenvalue weighted by Crippen LogP contribution is 2.25. The Kier molecular flexibility index (Phi) is 6.31. The van der Waals surface area contributed by atoms with Crippen LogP contribution in [0.4, 0.5) is 10.5 Å². The fraction of sp³-hybridized carbons (Fsp3) is 0.429. The highest BCUT2D eigenvalue weighted by Gasteiger charge is 2.21. The van der Waals surface area contributed by atoms with Gasteiger partial charge in [0.05, 0.1) is 23.2 Å². The summed E-state index contributed by atoms with van der Waals surface area (Å²) in [7, 11) is 0. The smallest absolute Gasteiger partial charge is 0.426 e. The minimum absolute atomic E-state index is 0.00891. The molecular weight excluding hydrogens is 306 g/mol. The Hall–Kier alpha value is -2.84. The van der Waals surface area contributed by atoms with Crippen molar-refractivity contribution in [1.82, 2.24) is 10.4 Å². The molecule has 0 saturated carbocycles. The highest BCUT2D eigenvalue weighted by atomic mass is 16.6. The summed E-state index contributed by atoms with van der Waals surface area (Å²) < 4.78 is 5.24. The molecule has 2 amide bonds. The first-order valence-corrected chi connectivity index (χ1v) is 6.98. The maximum absolute atomic E-state index is 12.3. The lowest BCUT2D eigenvalue weighted by molar-refractivity contribution is -0.384. The number of non-ortho nitro benzene ring substituents is 1. The molecule has 1 aromatic carbocycles. The Labute approximate surface area is 133 Å². The average Bonchev–Trinajstić information content (AvgIpc) is 2.46. The maximum atomic E-state index is 12.3. The van der Waals surface area contributed by atoms with E-state index in [9.17, 15) is 19.7 Å². The fourth-order valence-corrected chi connectivity index (χ4v) is 1.81. The lowest BCUT2D eigenvalue weighted by Gasteiger charge is -2.22. The molecule has 0 aromatic heterocycles. The van der Waals surface area contributed by atoms with Crippen LogP contribution in [-0.2, 0) is 0 Å². The van der Waals surface area contributed by atoms with Gasteiger partial charge >= 0.3 is 6.09 Å². The van der Waals surface area contributed by atoms with Gasteiger partial charge in [0.15, 0.2) is 0 Å². The number of nitro benzene ring substituents is 1. The molecule has 0 aliphatic carbocycles. The number of nitro groups is 1. The molecular formula is C14H19N3O6. The van der Waals surface area contributed by atoms with Crippen molar-refractivity contribution in [2.24, 2.45) is 5.92 Å². The third-order valence-corrected chi connectivity index (χ3v) is 2.74. The minimum atomic E-state index is -1.30. The summed E-state index contributed by atoms with van der Waals surface area (Å²) in [6, 6.07) is 3.52. The molecule has 2 N–H and O–H groups in total. The van der Waals surface area contributed by atoms with Crippen molar-refractivity contribution >= 4 is 17.7 Å². The third kappa shape index (κ3) is 5.13. The van der Waals surface area contributed by atoms with Crippen molar-refractivity contribution in [3.63, 3.8) is 0 Å². The summed E-state index contributed by atoms with van der Waals surface area (Å²) in [6.45, 7) is 5.59. The molecule has 0 spiro atoms. The van der Waals surface area contributed by atoms with Crippen molar-refractivity contribution in [1.29, 1.82) is 0 Å². The first-order chi connectivity index (χ1) is 10.8. The predicted molar refractivity (Wildman–Crippen MR) is 81.3 cm³/mol. The summed E-state index contributed by atoms with van der Waals surface area (Å²) in [5.41, 5.74) is 2.06. The summed E-state index contributed by atoms with van der Waals surface area (Å²) in [5, 5.41) is 20.7. The standard InChI is InChI=1S/C14H19N3O6/c1-4-23-12-7-10(17(21)22)5-6-11(12)13(18)15-16(14(19)20)8-9(2)3/h5-7,9H,4,8H2,1-3H3,(H,15,18)(H,19,20). The lowest BCUT2D eigenvalue weighted by Crippen LogP contribution is -2.47. The number of benzene rings is 1. The van der Waals surface area contributed by atoms with Crippen molar-refractivity contribution in [3.8, 4) is 5.75 Å². The number of hydrazine groups is 1. The molecule has 0 saturated heterocycles. The predicted octanol–water partition coefficient (Wildman–Crippen LogP) is 2.27. The summed E-state index contributed by atoms with van der Waals surface area (Å²) in [5.74, 6) is -0.685. The van der Waals surface area contributed by atoms with Crippen LogP contribution < -0.4 is 10.2 Å². The van der Waals surface area contributed by atoms with Gasteiger partial charge in [-0.1, -0.05) is 13.8 Å². The molecule has 9 nitrogen and oxygen atoms in total. The Morgan fingerprint density at radius 3 is 2.57 bits per heavy atom. The van der Waals surface area contributed by atoms with Gasteiger partial charge < -0.3 is 9.84 Å². The van der Waals surface area contributed by atoms with Crippen LogP contribution in [0, 0.1) is 16.0 Å². The molecule has 0 atom stereocenters. The zero-order chi connectivity index (χ0) is 17.6. The molecule has 1 aromatic rings. The van der Waals surface area contributed by atoms with E-state index >= 15 is 0 Å². The largest absolute Gasteiger partial charge is 0.493 e. The monoisotopic (exact) mass is 325 g/mol. The first kappa shape index (κ1) is 18.2. The molecule has 23 heavy (non-hydrogen) atoms. The van der Waals surface area contributed by atoms with E-state index in [1.165, 1.54) is 6.07 Å². The van der Waals surface area contributed by atoms with Crippen LogP contribution in [0.15, 0.2) is 18.2 Å². The van der Waals surface area contributed by atoms with Crippen molar-refractivity contribution < 1.29 is 24.4 Å². The van der Waals surface area contributed by atoms with Crippen LogP contribution in [-0.4, -0.2) is 40.2 Å². The molecule has 0 fully saturated rings. The Bertz CT molecular complexity index is 602. The normalized spacial score (nSPS) is 10.3. The van der Waals surface area contributed by atoms with Crippen LogP contribution in [0.3, 0.4) is 0 Å². The maximum Gasteiger partial charge on any atom is 0.426 e. The van der Waals surface area contributed by atoms with E-state index < -0.39 is 16.9 Å². The number of hydrogen-bond donors (Lipinski definition) is 2. The molecule has 0 aliphatic heterocycles. The van der Waals surface area contributed by atoms with Crippen molar-refractivity contribution in [3.05, 3.63) is 33.9 Å². The second kappa shape index (κ2) is 7.97. The zero-order valence-electron chi connectivity index (χ0n) is 13.1. The van der Waals surface area contributed by atoms with Crippen LogP contribution >= 0.6 is 0 Å². The van der Waals surface area contributed by atoms with Gasteiger partial charge in [-0.05, 0) is 18.9 Å². The molecule has 0 aliphatic rings. The van der Waals surface area contributed by atoms with Crippen LogP contribution in [0.5, 0.6) is 5.75 Å². The van der Waals surface area contributed by atoms with Gasteiger partial charge in [-0.15, -0.1) is 0 Å². The van der Waals surface area contributed by atoms with Crippen molar-refractivity contribution in [2.75, 3.05) is 13.2 Å². The molecule has 1 rings (SSSR count). The Morgan fingerprint density at radius 2 is 2.09 bits per heavy atom. The van der Waals surface area contributed by atoms with Crippen LogP contribution in [0.2, 0.25) is 0 Å². The van der Waals surface area contributed by atoms with Crippen molar-refractivity contribution in [2.45, 2.75) is 20.8 Å². The summed E-state index contributed by atoms with van der Waals surface area (Å²) in [4.78, 5) is 33.6. The number of rotatable bonds is 6. The number of nitrogens with one attached hydrogen (secondary N) is 1. The lowest BCUT2D eigenvalue weighted by atomic mass is 10.1. The second-order valence-corrected chi connectivity index (χ2v) is 5.10. The van der Waals surface area contributed by atoms with E-state index in [1.807, 2.05) is 0 Å². The van der Waals surface area contributed by atoms with Gasteiger partial charge in [-0.25, -0.2) is 9.80 Å². The molecule has 0 radical (unpaired) electrons. The number of carboxylic acid groups (broad SMARTS) is 1. The fourth-order valence-electron chi connectivity index (χ4n) is 1.81. The molecule has 126 valence electrons. The average molecular weight is 325 g/mol. The topological polar surface area (TPSA) is 122 Å². The van der Waals surface area contributed by atoms with Gasteiger partial charge in [0, 0.05) is 12.6 Å². The van der Waals surface area contributed by atoms with E-state index in [0.29, 0.717) is 0 Å². The SMILES string of the molecule is CCOc1cc([N+](=O)[O-])ccc1C(=O)NN(CC(C)C)C(=O)O. The summed E-state index contributed by atoms with van der Waals surface area (Å²) in [6.07, 6.45) is -1.30. The van der Waals surface area contributed by atoms with E-state index in [4.69, 9.17) is 9.84 Å². The van der Waals surface area contributed by atoms with E-state index in [2.05, 4.69) is 5.43 Å². The number of carbonyl (C=O) groups is 2. The number of ether oxygens (including phenoxy) is 1. The first-order valence-electron chi connectivity index (χ1n) is 6.98. The number of carbonyl (C=O) groups excluding carboxylic acids is 1. The molecule has 9 heteroatoms. The molecule has 0 heterocycles. The number of nitrogens with zero attached hydrogens (tertiary/aromatic N) is 2. The third-order valence-electron chi connectivity index (χ3n) is 2.74. The Balaban J connectivity index is 3.05.